The van der Waals surface area contributed by atoms with Crippen molar-refractivity contribution in [3.05, 3.63) is 28.2 Å². The molecule has 0 bridgehead atoms. The van der Waals surface area contributed by atoms with Crippen molar-refractivity contribution < 1.29 is 4.74 Å². The summed E-state index contributed by atoms with van der Waals surface area (Å²) in [5, 5.41) is 4.38. The standard InChI is InChI=1S/C14H20N4OS/c1-4-10-8-16-14(20-10)9(3)17-12-7-6-11(15)13(18-12)19-5-2/h6-9H,4-5,15H2,1-3H3,(H,17,18). The number of aryl methyl sites for hydroxylation is 1. The Hall–Kier alpha value is -1.82. The molecule has 5 nitrogen and oxygen atoms in total. The summed E-state index contributed by atoms with van der Waals surface area (Å²) in [6.45, 7) is 6.65. The van der Waals surface area contributed by atoms with Crippen LogP contribution in [0.3, 0.4) is 0 Å². The number of anilines is 2. The number of nitrogens with zero attached hydrogens (tertiary/aromatic N) is 2. The first-order chi connectivity index (χ1) is 9.63. The van der Waals surface area contributed by atoms with Gasteiger partial charge in [-0.05, 0) is 32.4 Å². The normalized spacial score (nSPS) is 12.2. The van der Waals surface area contributed by atoms with Crippen molar-refractivity contribution in [2.24, 2.45) is 0 Å². The molecule has 1 unspecified atom stereocenters. The molecule has 0 aromatic carbocycles. The first-order valence-electron chi connectivity index (χ1n) is 6.74. The number of hydrogen-bond acceptors (Lipinski definition) is 6. The zero-order valence-electron chi connectivity index (χ0n) is 12.0. The van der Waals surface area contributed by atoms with E-state index < -0.39 is 0 Å². The maximum absolute atomic E-state index is 5.81. The Balaban J connectivity index is 2.10. The van der Waals surface area contributed by atoms with E-state index in [0.717, 1.165) is 17.2 Å². The van der Waals surface area contributed by atoms with Crippen LogP contribution in [0, 0.1) is 0 Å². The maximum atomic E-state index is 5.81. The van der Waals surface area contributed by atoms with E-state index in [4.69, 9.17) is 10.5 Å². The minimum atomic E-state index is 0.103. The zero-order valence-corrected chi connectivity index (χ0v) is 12.8. The van der Waals surface area contributed by atoms with Crippen LogP contribution >= 0.6 is 11.3 Å². The number of rotatable bonds is 6. The molecular weight excluding hydrogens is 272 g/mol. The molecule has 20 heavy (non-hydrogen) atoms. The topological polar surface area (TPSA) is 73.1 Å². The Morgan fingerprint density at radius 1 is 1.40 bits per heavy atom. The second-order valence-electron chi connectivity index (χ2n) is 4.41. The van der Waals surface area contributed by atoms with Crippen LogP contribution in [0.2, 0.25) is 0 Å². The SMILES string of the molecule is CCOc1nc(NC(C)c2ncc(CC)s2)ccc1N. The molecule has 1 atom stereocenters. The van der Waals surface area contributed by atoms with Crippen LogP contribution in [-0.4, -0.2) is 16.6 Å². The molecule has 0 spiro atoms. The molecule has 6 heteroatoms. The summed E-state index contributed by atoms with van der Waals surface area (Å²) in [6, 6.07) is 3.75. The van der Waals surface area contributed by atoms with Gasteiger partial charge in [0.15, 0.2) is 0 Å². The Labute approximate surface area is 123 Å². The second kappa shape index (κ2) is 6.56. The number of ether oxygens (including phenoxy) is 1. The lowest BCUT2D eigenvalue weighted by Crippen LogP contribution is -2.09. The van der Waals surface area contributed by atoms with E-state index in [1.165, 1.54) is 4.88 Å². The highest BCUT2D eigenvalue weighted by Crippen LogP contribution is 2.26. The van der Waals surface area contributed by atoms with Crippen molar-refractivity contribution in [2.75, 3.05) is 17.7 Å². The molecule has 0 radical (unpaired) electrons. The third-order valence-electron chi connectivity index (χ3n) is 2.83. The molecule has 3 N–H and O–H groups in total. The molecule has 0 aliphatic heterocycles. The highest BCUT2D eigenvalue weighted by Gasteiger charge is 2.12. The Bertz CT molecular complexity index is 570. The molecule has 0 saturated heterocycles. The summed E-state index contributed by atoms with van der Waals surface area (Å²) < 4.78 is 5.40. The fraction of sp³-hybridized carbons (Fsp3) is 0.429. The molecule has 108 valence electrons. The van der Waals surface area contributed by atoms with Crippen LogP contribution in [-0.2, 0) is 6.42 Å². The van der Waals surface area contributed by atoms with E-state index in [0.29, 0.717) is 18.2 Å². The summed E-state index contributed by atoms with van der Waals surface area (Å²) in [7, 11) is 0. The van der Waals surface area contributed by atoms with E-state index in [2.05, 4.69) is 29.1 Å². The minimum Gasteiger partial charge on any atom is -0.476 e. The molecule has 2 aromatic rings. The zero-order chi connectivity index (χ0) is 14.5. The van der Waals surface area contributed by atoms with E-state index >= 15 is 0 Å². The van der Waals surface area contributed by atoms with Crippen molar-refractivity contribution >= 4 is 22.8 Å². The van der Waals surface area contributed by atoms with E-state index in [-0.39, 0.29) is 6.04 Å². The molecule has 0 amide bonds. The summed E-state index contributed by atoms with van der Waals surface area (Å²) in [6.07, 6.45) is 2.94. The van der Waals surface area contributed by atoms with Gasteiger partial charge in [-0.2, -0.15) is 4.98 Å². The summed E-state index contributed by atoms with van der Waals surface area (Å²) in [4.78, 5) is 10.1. The lowest BCUT2D eigenvalue weighted by molar-refractivity contribution is 0.329. The number of nitrogens with two attached hydrogens (primary N) is 1. The van der Waals surface area contributed by atoms with Gasteiger partial charge in [-0.3, -0.25) is 0 Å². The van der Waals surface area contributed by atoms with Gasteiger partial charge in [0.25, 0.3) is 0 Å². The van der Waals surface area contributed by atoms with E-state index in [1.54, 1.807) is 17.4 Å². The van der Waals surface area contributed by atoms with Gasteiger partial charge in [0, 0.05) is 11.1 Å². The summed E-state index contributed by atoms with van der Waals surface area (Å²) in [5.41, 5.74) is 6.36. The van der Waals surface area contributed by atoms with Crippen LogP contribution in [0.4, 0.5) is 11.5 Å². The van der Waals surface area contributed by atoms with Crippen LogP contribution in [0.1, 0.15) is 36.7 Å². The number of nitrogen functional groups attached to an aromatic ring is 1. The quantitative estimate of drug-likeness (QED) is 0.855. The van der Waals surface area contributed by atoms with Crippen molar-refractivity contribution in [1.29, 1.82) is 0 Å². The maximum Gasteiger partial charge on any atom is 0.239 e. The average molecular weight is 292 g/mol. The first-order valence-corrected chi connectivity index (χ1v) is 7.56. The molecule has 2 heterocycles. The Morgan fingerprint density at radius 2 is 2.20 bits per heavy atom. The predicted octanol–water partition coefficient (Wildman–Crippen LogP) is 3.25. The van der Waals surface area contributed by atoms with Crippen molar-refractivity contribution in [2.45, 2.75) is 33.2 Å². The first kappa shape index (κ1) is 14.6. The average Bonchev–Trinajstić information content (AvgIpc) is 2.92. The fourth-order valence-corrected chi connectivity index (χ4v) is 2.61. The van der Waals surface area contributed by atoms with Crippen molar-refractivity contribution in [1.82, 2.24) is 9.97 Å². The highest BCUT2D eigenvalue weighted by molar-refractivity contribution is 7.11. The molecule has 2 aromatic heterocycles. The number of pyridine rings is 1. The predicted molar refractivity (Wildman–Crippen MR) is 83.3 cm³/mol. The number of hydrogen-bond donors (Lipinski definition) is 2. The summed E-state index contributed by atoms with van der Waals surface area (Å²) in [5.74, 6) is 1.21. The molecule has 0 fully saturated rings. The van der Waals surface area contributed by atoms with E-state index in [1.807, 2.05) is 19.2 Å². The Kier molecular flexibility index (Phi) is 4.79. The van der Waals surface area contributed by atoms with Crippen LogP contribution in [0.5, 0.6) is 5.88 Å². The van der Waals surface area contributed by atoms with Gasteiger partial charge in [0.05, 0.1) is 18.3 Å². The van der Waals surface area contributed by atoms with Gasteiger partial charge in [-0.1, -0.05) is 6.92 Å². The smallest absolute Gasteiger partial charge is 0.239 e. The van der Waals surface area contributed by atoms with Crippen molar-refractivity contribution in [3.63, 3.8) is 0 Å². The number of nitrogens with one attached hydrogen (secondary N) is 1. The molecule has 0 saturated carbocycles. The second-order valence-corrected chi connectivity index (χ2v) is 5.56. The molecule has 2 rings (SSSR count). The molecule has 0 aliphatic carbocycles. The fourth-order valence-electron chi connectivity index (χ4n) is 1.75. The van der Waals surface area contributed by atoms with Gasteiger partial charge < -0.3 is 15.8 Å². The number of aromatic nitrogens is 2. The van der Waals surface area contributed by atoms with Gasteiger partial charge in [0.1, 0.15) is 10.8 Å². The molecule has 0 aliphatic rings. The summed E-state index contributed by atoms with van der Waals surface area (Å²) >= 11 is 1.72. The van der Waals surface area contributed by atoms with Gasteiger partial charge >= 0.3 is 0 Å². The lowest BCUT2D eigenvalue weighted by Gasteiger charge is -2.13. The van der Waals surface area contributed by atoms with Gasteiger partial charge in [-0.25, -0.2) is 4.98 Å². The van der Waals surface area contributed by atoms with Crippen molar-refractivity contribution in [3.8, 4) is 5.88 Å². The minimum absolute atomic E-state index is 0.103. The third kappa shape index (κ3) is 3.39. The van der Waals surface area contributed by atoms with Crippen LogP contribution in [0.25, 0.3) is 0 Å². The van der Waals surface area contributed by atoms with E-state index in [9.17, 15) is 0 Å². The van der Waals surface area contributed by atoms with Gasteiger partial charge in [-0.15, -0.1) is 11.3 Å². The highest BCUT2D eigenvalue weighted by atomic mass is 32.1. The number of thiazole rings is 1. The van der Waals surface area contributed by atoms with Gasteiger partial charge in [0.2, 0.25) is 5.88 Å². The molecular formula is C14H20N4OS. The Morgan fingerprint density at radius 3 is 2.85 bits per heavy atom. The lowest BCUT2D eigenvalue weighted by atomic mass is 10.3. The third-order valence-corrected chi connectivity index (χ3v) is 4.15. The largest absolute Gasteiger partial charge is 0.476 e. The van der Waals surface area contributed by atoms with Crippen LogP contribution in [0.15, 0.2) is 18.3 Å². The van der Waals surface area contributed by atoms with Crippen LogP contribution < -0.4 is 15.8 Å². The monoisotopic (exact) mass is 292 g/mol.